The quantitative estimate of drug-likeness (QED) is 0.462. The van der Waals surface area contributed by atoms with E-state index in [4.69, 9.17) is 9.72 Å². The second kappa shape index (κ2) is 8.91. The fourth-order valence-electron chi connectivity index (χ4n) is 5.25. The van der Waals surface area contributed by atoms with Crippen LogP contribution in [0.15, 0.2) is 48.9 Å². The van der Waals surface area contributed by atoms with Crippen LogP contribution >= 0.6 is 0 Å². The maximum absolute atomic E-state index is 12.2. The minimum atomic E-state index is -0.107. The van der Waals surface area contributed by atoms with Crippen LogP contribution in [-0.4, -0.2) is 53.0 Å². The SMILES string of the molecule is CN(C)C(=O)c1ccc(-c2c[nH]c3ncc(-c4cc5c(c([C@@H]6CCCN6)c4)COCC5)cc23)cn1. The number of carbonyl (C=O) groups excluding carboxylic acids is 1. The van der Waals surface area contributed by atoms with Gasteiger partial charge in [0.15, 0.2) is 0 Å². The van der Waals surface area contributed by atoms with Gasteiger partial charge >= 0.3 is 0 Å². The molecule has 3 aromatic heterocycles. The summed E-state index contributed by atoms with van der Waals surface area (Å²) in [5, 5.41) is 4.71. The third-order valence-electron chi connectivity index (χ3n) is 7.14. The Labute approximate surface area is 204 Å². The Bertz CT molecular complexity index is 1400. The summed E-state index contributed by atoms with van der Waals surface area (Å²) >= 11 is 0. The monoisotopic (exact) mass is 467 g/mol. The van der Waals surface area contributed by atoms with E-state index in [1.807, 2.05) is 18.5 Å². The number of rotatable bonds is 4. The molecule has 0 radical (unpaired) electrons. The van der Waals surface area contributed by atoms with Crippen LogP contribution in [0.1, 0.15) is 46.1 Å². The molecule has 2 N–H and O–H groups in total. The fourth-order valence-corrected chi connectivity index (χ4v) is 5.25. The average Bonchev–Trinajstić information content (AvgIpc) is 3.58. The summed E-state index contributed by atoms with van der Waals surface area (Å²) < 4.78 is 5.82. The molecule has 7 heteroatoms. The van der Waals surface area contributed by atoms with Crippen molar-refractivity contribution in [3.05, 3.63) is 71.3 Å². The van der Waals surface area contributed by atoms with E-state index >= 15 is 0 Å². The minimum absolute atomic E-state index is 0.107. The van der Waals surface area contributed by atoms with E-state index < -0.39 is 0 Å². The molecule has 0 unspecified atom stereocenters. The van der Waals surface area contributed by atoms with Crippen molar-refractivity contribution in [3.8, 4) is 22.3 Å². The first-order valence-corrected chi connectivity index (χ1v) is 12.2. The zero-order valence-corrected chi connectivity index (χ0v) is 20.1. The van der Waals surface area contributed by atoms with Gasteiger partial charge in [0.2, 0.25) is 0 Å². The van der Waals surface area contributed by atoms with Gasteiger partial charge in [-0.25, -0.2) is 4.98 Å². The van der Waals surface area contributed by atoms with Crippen molar-refractivity contribution in [1.29, 1.82) is 0 Å². The third kappa shape index (κ3) is 4.00. The lowest BCUT2D eigenvalue weighted by molar-refractivity contribution is 0.0822. The Kier molecular flexibility index (Phi) is 5.59. The number of aromatic amines is 1. The molecule has 1 fully saturated rings. The molecule has 0 spiro atoms. The molecule has 7 nitrogen and oxygen atoms in total. The van der Waals surface area contributed by atoms with Crippen molar-refractivity contribution in [2.75, 3.05) is 27.2 Å². The smallest absolute Gasteiger partial charge is 0.271 e. The first kappa shape index (κ1) is 21.9. The predicted molar refractivity (Wildman–Crippen MR) is 136 cm³/mol. The maximum atomic E-state index is 12.2. The van der Waals surface area contributed by atoms with Gasteiger partial charge in [0.25, 0.3) is 5.91 Å². The van der Waals surface area contributed by atoms with Crippen molar-refractivity contribution < 1.29 is 9.53 Å². The van der Waals surface area contributed by atoms with Crippen LogP contribution in [0.4, 0.5) is 0 Å². The van der Waals surface area contributed by atoms with Gasteiger partial charge in [0.1, 0.15) is 11.3 Å². The topological polar surface area (TPSA) is 83.1 Å². The van der Waals surface area contributed by atoms with E-state index in [0.717, 1.165) is 53.7 Å². The number of benzene rings is 1. The Morgan fingerprint density at radius 3 is 2.74 bits per heavy atom. The molecule has 1 atom stereocenters. The number of hydrogen-bond donors (Lipinski definition) is 2. The standard InChI is InChI=1S/C28H29N5O2/c1-33(2)28(34)26-6-5-18(13-30-26)23-15-32-27-22(23)12-20(14-31-27)19-10-17-7-9-35-16-24(17)21(11-19)25-4-3-8-29-25/h5-6,10-15,25,29H,3-4,7-9,16H2,1-2H3,(H,31,32)/t25-/m0/s1. The van der Waals surface area contributed by atoms with Crippen LogP contribution < -0.4 is 5.32 Å². The normalized spacial score (nSPS) is 17.5. The summed E-state index contributed by atoms with van der Waals surface area (Å²) in [5.41, 5.74) is 9.64. The average molecular weight is 468 g/mol. The van der Waals surface area contributed by atoms with Crippen molar-refractivity contribution in [1.82, 2.24) is 25.2 Å². The van der Waals surface area contributed by atoms with Crippen molar-refractivity contribution >= 4 is 16.9 Å². The molecule has 0 saturated carbocycles. The van der Waals surface area contributed by atoms with E-state index in [9.17, 15) is 4.79 Å². The van der Waals surface area contributed by atoms with Crippen LogP contribution in [0.2, 0.25) is 0 Å². The van der Waals surface area contributed by atoms with E-state index in [2.05, 4.69) is 33.5 Å². The van der Waals surface area contributed by atoms with Gasteiger partial charge in [-0.05, 0) is 66.3 Å². The van der Waals surface area contributed by atoms with Crippen molar-refractivity contribution in [3.63, 3.8) is 0 Å². The van der Waals surface area contributed by atoms with E-state index in [1.165, 1.54) is 33.6 Å². The molecule has 5 heterocycles. The van der Waals surface area contributed by atoms with E-state index in [1.54, 1.807) is 26.4 Å². The zero-order valence-electron chi connectivity index (χ0n) is 20.1. The van der Waals surface area contributed by atoms with Crippen LogP contribution in [0.25, 0.3) is 33.3 Å². The number of fused-ring (bicyclic) bond motifs is 2. The van der Waals surface area contributed by atoms with Gasteiger partial charge < -0.3 is 19.9 Å². The third-order valence-corrected chi connectivity index (χ3v) is 7.14. The minimum Gasteiger partial charge on any atom is -0.376 e. The Morgan fingerprint density at radius 2 is 1.97 bits per heavy atom. The van der Waals surface area contributed by atoms with Crippen molar-refractivity contribution in [2.24, 2.45) is 0 Å². The number of aromatic nitrogens is 3. The molecule has 4 aromatic rings. The number of ether oxygens (including phenoxy) is 1. The molecule has 178 valence electrons. The highest BCUT2D eigenvalue weighted by atomic mass is 16.5. The molecule has 1 saturated heterocycles. The molecule has 1 aromatic carbocycles. The number of nitrogens with zero attached hydrogens (tertiary/aromatic N) is 3. The summed E-state index contributed by atoms with van der Waals surface area (Å²) in [7, 11) is 3.46. The van der Waals surface area contributed by atoms with Crippen LogP contribution in [-0.2, 0) is 17.8 Å². The van der Waals surface area contributed by atoms with E-state index in [0.29, 0.717) is 18.3 Å². The molecule has 6 rings (SSSR count). The van der Waals surface area contributed by atoms with Crippen LogP contribution in [0.5, 0.6) is 0 Å². The van der Waals surface area contributed by atoms with Crippen LogP contribution in [0, 0.1) is 0 Å². The molecule has 0 bridgehead atoms. The number of hydrogen-bond acceptors (Lipinski definition) is 5. The first-order valence-electron chi connectivity index (χ1n) is 12.2. The van der Waals surface area contributed by atoms with Crippen LogP contribution in [0.3, 0.4) is 0 Å². The Hall–Kier alpha value is -3.55. The fraction of sp³-hybridized carbons (Fsp3) is 0.321. The molecule has 2 aliphatic rings. The summed E-state index contributed by atoms with van der Waals surface area (Å²) in [6.07, 6.45) is 8.98. The van der Waals surface area contributed by atoms with Crippen molar-refractivity contribution in [2.45, 2.75) is 31.9 Å². The zero-order chi connectivity index (χ0) is 23.9. The summed E-state index contributed by atoms with van der Waals surface area (Å²) in [5.74, 6) is -0.107. The highest BCUT2D eigenvalue weighted by Crippen LogP contribution is 2.36. The highest BCUT2D eigenvalue weighted by Gasteiger charge is 2.24. The lowest BCUT2D eigenvalue weighted by atomic mass is 9.88. The van der Waals surface area contributed by atoms with Gasteiger partial charge in [-0.15, -0.1) is 0 Å². The van der Waals surface area contributed by atoms with Gasteiger partial charge in [0, 0.05) is 60.8 Å². The highest BCUT2D eigenvalue weighted by molar-refractivity contribution is 5.97. The predicted octanol–water partition coefficient (Wildman–Crippen LogP) is 4.49. The van der Waals surface area contributed by atoms with Gasteiger partial charge in [0.05, 0.1) is 13.2 Å². The second-order valence-electron chi connectivity index (χ2n) is 9.61. The van der Waals surface area contributed by atoms with E-state index in [-0.39, 0.29) is 5.91 Å². The molecule has 1 amide bonds. The molecule has 0 aliphatic carbocycles. The summed E-state index contributed by atoms with van der Waals surface area (Å²) in [6, 6.07) is 11.0. The maximum Gasteiger partial charge on any atom is 0.271 e. The lowest BCUT2D eigenvalue weighted by Crippen LogP contribution is -2.22. The largest absolute Gasteiger partial charge is 0.376 e. The second-order valence-corrected chi connectivity index (χ2v) is 9.61. The first-order chi connectivity index (χ1) is 17.1. The number of nitrogens with one attached hydrogen (secondary N) is 2. The lowest BCUT2D eigenvalue weighted by Gasteiger charge is -2.24. The summed E-state index contributed by atoms with van der Waals surface area (Å²) in [4.78, 5) is 26.2. The number of H-pyrrole nitrogens is 1. The molecular weight excluding hydrogens is 438 g/mol. The van der Waals surface area contributed by atoms with Gasteiger partial charge in [-0.2, -0.15) is 0 Å². The molecule has 35 heavy (non-hydrogen) atoms. The Balaban J connectivity index is 1.41. The van der Waals surface area contributed by atoms with Gasteiger partial charge in [-0.1, -0.05) is 12.1 Å². The Morgan fingerprint density at radius 1 is 1.09 bits per heavy atom. The summed E-state index contributed by atoms with van der Waals surface area (Å²) in [6.45, 7) is 2.53. The number of carbonyl (C=O) groups is 1. The molecule has 2 aliphatic heterocycles. The van der Waals surface area contributed by atoms with Gasteiger partial charge in [-0.3, -0.25) is 9.78 Å². The number of pyridine rings is 2. The number of amides is 1. The molecular formula is C28H29N5O2.